The number of aromatic nitrogens is 3. The Hall–Kier alpha value is -3.06. The Morgan fingerprint density at radius 2 is 2.07 bits per heavy atom. The molecule has 1 unspecified atom stereocenters. The minimum absolute atomic E-state index is 0.0158. The lowest BCUT2D eigenvalue weighted by molar-refractivity contribution is 0.0963. The number of fused-ring (bicyclic) bond motifs is 1. The molecule has 0 saturated carbocycles. The van der Waals surface area contributed by atoms with Gasteiger partial charge >= 0.3 is 0 Å². The zero-order valence-corrected chi connectivity index (χ0v) is 15.3. The van der Waals surface area contributed by atoms with Crippen molar-refractivity contribution in [3.8, 4) is 5.69 Å². The summed E-state index contributed by atoms with van der Waals surface area (Å²) in [5, 5.41) is 6.56. The highest BCUT2D eigenvalue weighted by Gasteiger charge is 2.24. The van der Waals surface area contributed by atoms with Gasteiger partial charge in [-0.2, -0.15) is 0 Å². The van der Waals surface area contributed by atoms with Crippen LogP contribution >= 0.6 is 0 Å². The third-order valence-electron chi connectivity index (χ3n) is 4.90. The van der Waals surface area contributed by atoms with E-state index < -0.39 is 0 Å². The number of hydrogen-bond acceptors (Lipinski definition) is 5. The standard InChI is InChI=1S/C20H21N5O2/c1-12-10-15-17(11-23-12)24-18(16-4-3-9-22-16)25(20(15)27)14-7-5-13(6-8-14)19(26)21-2/h5-8,10-11,16,22H,3-4,9H2,1-2H3,(H,21,26). The van der Waals surface area contributed by atoms with E-state index in [1.54, 1.807) is 48.1 Å². The summed E-state index contributed by atoms with van der Waals surface area (Å²) in [5.74, 6) is 0.522. The second kappa shape index (κ2) is 6.92. The van der Waals surface area contributed by atoms with Crippen LogP contribution in [0.1, 0.15) is 40.8 Å². The first-order valence-electron chi connectivity index (χ1n) is 9.03. The average molecular weight is 363 g/mol. The van der Waals surface area contributed by atoms with Crippen molar-refractivity contribution in [1.82, 2.24) is 25.2 Å². The summed E-state index contributed by atoms with van der Waals surface area (Å²) in [5.41, 5.74) is 2.49. The SMILES string of the molecule is CNC(=O)c1ccc(-n2c(C3CCCN3)nc3cnc(C)cc3c2=O)cc1. The van der Waals surface area contributed by atoms with Crippen LogP contribution in [0.25, 0.3) is 16.6 Å². The number of rotatable bonds is 3. The predicted octanol–water partition coefficient (Wildman–Crippen LogP) is 1.87. The van der Waals surface area contributed by atoms with Crippen molar-refractivity contribution in [2.24, 2.45) is 0 Å². The average Bonchev–Trinajstić information content (AvgIpc) is 3.22. The second-order valence-corrected chi connectivity index (χ2v) is 6.73. The van der Waals surface area contributed by atoms with Gasteiger partial charge in [0.25, 0.3) is 11.5 Å². The first-order chi connectivity index (χ1) is 13.1. The molecule has 1 aromatic carbocycles. The molecule has 7 heteroatoms. The molecular formula is C20H21N5O2. The summed E-state index contributed by atoms with van der Waals surface area (Å²) in [7, 11) is 1.59. The normalized spacial score (nSPS) is 16.6. The number of pyridine rings is 1. The van der Waals surface area contributed by atoms with Crippen LogP contribution in [0.5, 0.6) is 0 Å². The fourth-order valence-electron chi connectivity index (χ4n) is 3.51. The molecule has 2 aromatic heterocycles. The fraction of sp³-hybridized carbons (Fsp3) is 0.300. The topological polar surface area (TPSA) is 88.9 Å². The minimum Gasteiger partial charge on any atom is -0.355 e. The van der Waals surface area contributed by atoms with Crippen molar-refractivity contribution in [3.63, 3.8) is 0 Å². The van der Waals surface area contributed by atoms with Gasteiger partial charge in [0, 0.05) is 18.3 Å². The Bertz CT molecular complexity index is 1070. The third-order valence-corrected chi connectivity index (χ3v) is 4.90. The van der Waals surface area contributed by atoms with E-state index in [-0.39, 0.29) is 17.5 Å². The van der Waals surface area contributed by atoms with Crippen molar-refractivity contribution in [3.05, 3.63) is 64.0 Å². The molecule has 7 nitrogen and oxygen atoms in total. The molecule has 0 aliphatic carbocycles. The molecule has 0 bridgehead atoms. The molecular weight excluding hydrogens is 342 g/mol. The fourth-order valence-corrected chi connectivity index (χ4v) is 3.51. The third kappa shape index (κ3) is 3.10. The molecule has 138 valence electrons. The van der Waals surface area contributed by atoms with E-state index in [2.05, 4.69) is 15.6 Å². The van der Waals surface area contributed by atoms with Crippen LogP contribution in [0.4, 0.5) is 0 Å². The lowest BCUT2D eigenvalue weighted by atomic mass is 10.1. The Morgan fingerprint density at radius 3 is 2.74 bits per heavy atom. The Balaban J connectivity index is 1.94. The van der Waals surface area contributed by atoms with Gasteiger partial charge in [-0.05, 0) is 56.6 Å². The van der Waals surface area contributed by atoms with E-state index in [1.807, 2.05) is 6.92 Å². The molecule has 1 saturated heterocycles. The number of benzene rings is 1. The minimum atomic E-state index is -0.162. The summed E-state index contributed by atoms with van der Waals surface area (Å²) >= 11 is 0. The van der Waals surface area contributed by atoms with E-state index in [9.17, 15) is 9.59 Å². The number of carbonyl (C=O) groups excluding carboxylic acids is 1. The zero-order valence-electron chi connectivity index (χ0n) is 15.3. The molecule has 1 amide bonds. The van der Waals surface area contributed by atoms with Crippen molar-refractivity contribution in [1.29, 1.82) is 0 Å². The molecule has 0 radical (unpaired) electrons. The molecule has 3 aromatic rings. The Morgan fingerprint density at radius 1 is 1.30 bits per heavy atom. The van der Waals surface area contributed by atoms with Gasteiger partial charge in [0.2, 0.25) is 0 Å². The molecule has 1 atom stereocenters. The molecule has 2 N–H and O–H groups in total. The van der Waals surface area contributed by atoms with E-state index in [4.69, 9.17) is 4.98 Å². The van der Waals surface area contributed by atoms with E-state index in [0.29, 0.717) is 28.0 Å². The summed E-state index contributed by atoms with van der Waals surface area (Å²) in [6, 6.07) is 8.79. The van der Waals surface area contributed by atoms with Crippen molar-refractivity contribution in [2.75, 3.05) is 13.6 Å². The highest BCUT2D eigenvalue weighted by Crippen LogP contribution is 2.24. The number of nitrogens with one attached hydrogen (secondary N) is 2. The van der Waals surface area contributed by atoms with Crippen LogP contribution in [0.15, 0.2) is 41.3 Å². The summed E-state index contributed by atoms with van der Waals surface area (Å²) in [4.78, 5) is 34.2. The quantitative estimate of drug-likeness (QED) is 0.742. The van der Waals surface area contributed by atoms with Crippen molar-refractivity contribution < 1.29 is 4.79 Å². The maximum atomic E-state index is 13.3. The highest BCUT2D eigenvalue weighted by molar-refractivity contribution is 5.94. The number of carbonyl (C=O) groups is 1. The predicted molar refractivity (Wildman–Crippen MR) is 103 cm³/mol. The molecule has 27 heavy (non-hydrogen) atoms. The van der Waals surface area contributed by atoms with Gasteiger partial charge in [-0.1, -0.05) is 0 Å². The van der Waals surface area contributed by atoms with Crippen LogP contribution in [0.2, 0.25) is 0 Å². The maximum absolute atomic E-state index is 13.3. The first-order valence-corrected chi connectivity index (χ1v) is 9.03. The van der Waals surface area contributed by atoms with Gasteiger partial charge in [-0.25, -0.2) is 4.98 Å². The summed E-state index contributed by atoms with van der Waals surface area (Å²) < 4.78 is 1.65. The monoisotopic (exact) mass is 363 g/mol. The smallest absolute Gasteiger partial charge is 0.266 e. The van der Waals surface area contributed by atoms with Crippen LogP contribution in [0.3, 0.4) is 0 Å². The molecule has 1 aliphatic heterocycles. The lowest BCUT2D eigenvalue weighted by Gasteiger charge is -2.18. The zero-order chi connectivity index (χ0) is 19.0. The largest absolute Gasteiger partial charge is 0.355 e. The van der Waals surface area contributed by atoms with Crippen LogP contribution in [-0.4, -0.2) is 34.0 Å². The van der Waals surface area contributed by atoms with Crippen LogP contribution in [0, 0.1) is 6.92 Å². The van der Waals surface area contributed by atoms with Crippen molar-refractivity contribution >= 4 is 16.8 Å². The number of amides is 1. The molecule has 0 spiro atoms. The Kier molecular flexibility index (Phi) is 4.45. The number of hydrogen-bond donors (Lipinski definition) is 2. The summed E-state index contributed by atoms with van der Waals surface area (Å²) in [6.45, 7) is 2.76. The number of aryl methyl sites for hydroxylation is 1. The van der Waals surface area contributed by atoms with Crippen LogP contribution in [-0.2, 0) is 0 Å². The summed E-state index contributed by atoms with van der Waals surface area (Å²) in [6.07, 6.45) is 3.62. The highest BCUT2D eigenvalue weighted by atomic mass is 16.1. The lowest BCUT2D eigenvalue weighted by Crippen LogP contribution is -2.29. The Labute approximate surface area is 156 Å². The molecule has 3 heterocycles. The van der Waals surface area contributed by atoms with E-state index in [0.717, 1.165) is 25.1 Å². The van der Waals surface area contributed by atoms with Gasteiger partial charge in [0.05, 0.1) is 28.8 Å². The first kappa shape index (κ1) is 17.4. The van der Waals surface area contributed by atoms with E-state index in [1.165, 1.54) is 0 Å². The van der Waals surface area contributed by atoms with Gasteiger partial charge in [0.1, 0.15) is 5.82 Å². The van der Waals surface area contributed by atoms with Gasteiger partial charge in [0.15, 0.2) is 0 Å². The second-order valence-electron chi connectivity index (χ2n) is 6.73. The molecule has 1 aliphatic rings. The van der Waals surface area contributed by atoms with Crippen LogP contribution < -0.4 is 16.2 Å². The number of nitrogens with zero attached hydrogens (tertiary/aromatic N) is 3. The van der Waals surface area contributed by atoms with Crippen molar-refractivity contribution in [2.45, 2.75) is 25.8 Å². The van der Waals surface area contributed by atoms with Gasteiger partial charge in [-0.3, -0.25) is 19.1 Å². The molecule has 1 fully saturated rings. The van der Waals surface area contributed by atoms with Gasteiger partial charge in [-0.15, -0.1) is 0 Å². The van der Waals surface area contributed by atoms with Gasteiger partial charge < -0.3 is 10.6 Å². The maximum Gasteiger partial charge on any atom is 0.266 e. The molecule has 4 rings (SSSR count). The van der Waals surface area contributed by atoms with E-state index >= 15 is 0 Å².